The SMILES string of the molecule is CCCNC(CC)c1cc2cccc(Cl)c2o1. The van der Waals surface area contributed by atoms with Crippen molar-refractivity contribution >= 4 is 22.6 Å². The van der Waals surface area contributed by atoms with E-state index in [9.17, 15) is 0 Å². The first-order chi connectivity index (χ1) is 8.26. The van der Waals surface area contributed by atoms with Crippen molar-refractivity contribution in [3.63, 3.8) is 0 Å². The van der Waals surface area contributed by atoms with E-state index in [0.717, 1.165) is 36.1 Å². The molecule has 1 unspecified atom stereocenters. The van der Waals surface area contributed by atoms with Crippen LogP contribution in [0, 0.1) is 0 Å². The molecule has 2 aromatic rings. The minimum atomic E-state index is 0.276. The van der Waals surface area contributed by atoms with Crippen LogP contribution in [0.15, 0.2) is 28.7 Å². The van der Waals surface area contributed by atoms with E-state index in [1.165, 1.54) is 0 Å². The average Bonchev–Trinajstić information content (AvgIpc) is 2.75. The molecule has 0 bridgehead atoms. The third-order valence-corrected chi connectivity index (χ3v) is 3.21. The summed E-state index contributed by atoms with van der Waals surface area (Å²) in [6.45, 7) is 5.32. The van der Waals surface area contributed by atoms with Crippen LogP contribution in [-0.4, -0.2) is 6.54 Å². The van der Waals surface area contributed by atoms with Gasteiger partial charge in [0.15, 0.2) is 5.58 Å². The van der Waals surface area contributed by atoms with Crippen LogP contribution in [0.4, 0.5) is 0 Å². The second-order valence-electron chi connectivity index (χ2n) is 4.22. The maximum atomic E-state index is 6.11. The smallest absolute Gasteiger partial charge is 0.152 e. The van der Waals surface area contributed by atoms with Gasteiger partial charge < -0.3 is 9.73 Å². The van der Waals surface area contributed by atoms with Crippen LogP contribution in [0.3, 0.4) is 0 Å². The number of furan rings is 1. The molecule has 0 saturated heterocycles. The van der Waals surface area contributed by atoms with Crippen LogP contribution in [-0.2, 0) is 0 Å². The van der Waals surface area contributed by atoms with Gasteiger partial charge in [0.2, 0.25) is 0 Å². The molecule has 1 aromatic heterocycles. The number of rotatable bonds is 5. The van der Waals surface area contributed by atoms with Gasteiger partial charge in [-0.1, -0.05) is 37.6 Å². The van der Waals surface area contributed by atoms with Gasteiger partial charge in [0.1, 0.15) is 5.76 Å². The number of halogens is 1. The number of para-hydroxylation sites is 1. The van der Waals surface area contributed by atoms with Crippen molar-refractivity contribution in [2.24, 2.45) is 0 Å². The molecular weight excluding hydrogens is 234 g/mol. The fourth-order valence-electron chi connectivity index (χ4n) is 1.98. The molecule has 0 radical (unpaired) electrons. The number of hydrogen-bond donors (Lipinski definition) is 1. The van der Waals surface area contributed by atoms with Crippen molar-refractivity contribution in [2.75, 3.05) is 6.54 Å². The molecule has 0 aliphatic heterocycles. The zero-order valence-electron chi connectivity index (χ0n) is 10.3. The number of benzene rings is 1. The molecule has 3 heteroatoms. The molecule has 0 spiro atoms. The van der Waals surface area contributed by atoms with Crippen LogP contribution < -0.4 is 5.32 Å². The Morgan fingerprint density at radius 2 is 2.18 bits per heavy atom. The second-order valence-corrected chi connectivity index (χ2v) is 4.63. The summed E-state index contributed by atoms with van der Waals surface area (Å²) in [7, 11) is 0. The van der Waals surface area contributed by atoms with Crippen LogP contribution >= 0.6 is 11.6 Å². The van der Waals surface area contributed by atoms with Crippen molar-refractivity contribution < 1.29 is 4.42 Å². The zero-order chi connectivity index (χ0) is 12.3. The van der Waals surface area contributed by atoms with Crippen LogP contribution in [0.25, 0.3) is 11.0 Å². The molecule has 1 N–H and O–H groups in total. The molecule has 2 rings (SSSR count). The van der Waals surface area contributed by atoms with Crippen LogP contribution in [0.2, 0.25) is 5.02 Å². The third kappa shape index (κ3) is 2.64. The van der Waals surface area contributed by atoms with Crippen LogP contribution in [0.5, 0.6) is 0 Å². The molecular formula is C14H18ClNO. The average molecular weight is 252 g/mol. The lowest BCUT2D eigenvalue weighted by molar-refractivity contribution is 0.421. The maximum absolute atomic E-state index is 6.11. The number of nitrogens with one attached hydrogen (secondary N) is 1. The Labute approximate surface area is 107 Å². The van der Waals surface area contributed by atoms with Crippen molar-refractivity contribution in [2.45, 2.75) is 32.7 Å². The first-order valence-electron chi connectivity index (χ1n) is 6.17. The Hall–Kier alpha value is -0.990. The predicted octanol–water partition coefficient (Wildman–Crippen LogP) is 4.54. The Kier molecular flexibility index (Phi) is 4.08. The van der Waals surface area contributed by atoms with Gasteiger partial charge in [-0.3, -0.25) is 0 Å². The Balaban J connectivity index is 2.31. The van der Waals surface area contributed by atoms with Gasteiger partial charge >= 0.3 is 0 Å². The molecule has 0 fully saturated rings. The fraction of sp³-hybridized carbons (Fsp3) is 0.429. The highest BCUT2D eigenvalue weighted by molar-refractivity contribution is 6.34. The first kappa shape index (κ1) is 12.5. The van der Waals surface area contributed by atoms with Crippen molar-refractivity contribution in [3.05, 3.63) is 35.0 Å². The standard InChI is InChI=1S/C14H18ClNO/c1-3-8-16-12(4-2)13-9-10-6-5-7-11(15)14(10)17-13/h5-7,9,12,16H,3-4,8H2,1-2H3. The van der Waals surface area contributed by atoms with Gasteiger partial charge in [0.25, 0.3) is 0 Å². The molecule has 17 heavy (non-hydrogen) atoms. The lowest BCUT2D eigenvalue weighted by atomic mass is 10.1. The summed E-state index contributed by atoms with van der Waals surface area (Å²) in [5.41, 5.74) is 0.793. The van der Waals surface area contributed by atoms with E-state index in [2.05, 4.69) is 25.2 Å². The monoisotopic (exact) mass is 251 g/mol. The van der Waals surface area contributed by atoms with E-state index in [1.807, 2.05) is 18.2 Å². The van der Waals surface area contributed by atoms with Crippen molar-refractivity contribution in [1.29, 1.82) is 0 Å². The van der Waals surface area contributed by atoms with Gasteiger partial charge in [0.05, 0.1) is 11.1 Å². The maximum Gasteiger partial charge on any atom is 0.152 e. The van der Waals surface area contributed by atoms with E-state index < -0.39 is 0 Å². The lowest BCUT2D eigenvalue weighted by Crippen LogP contribution is -2.20. The van der Waals surface area contributed by atoms with E-state index in [-0.39, 0.29) is 6.04 Å². The highest BCUT2D eigenvalue weighted by Crippen LogP contribution is 2.30. The number of hydrogen-bond acceptors (Lipinski definition) is 2. The Morgan fingerprint density at radius 3 is 2.82 bits per heavy atom. The van der Waals surface area contributed by atoms with Crippen molar-refractivity contribution in [3.8, 4) is 0 Å². The van der Waals surface area contributed by atoms with E-state index in [4.69, 9.17) is 16.0 Å². The summed E-state index contributed by atoms with van der Waals surface area (Å²) in [5.74, 6) is 0.976. The molecule has 1 aromatic carbocycles. The highest BCUT2D eigenvalue weighted by Gasteiger charge is 2.14. The molecule has 1 atom stereocenters. The van der Waals surface area contributed by atoms with Gasteiger partial charge in [-0.15, -0.1) is 0 Å². The van der Waals surface area contributed by atoms with Gasteiger partial charge in [-0.05, 0) is 31.5 Å². The van der Waals surface area contributed by atoms with Gasteiger partial charge in [-0.2, -0.15) is 0 Å². The molecule has 92 valence electrons. The topological polar surface area (TPSA) is 25.2 Å². The highest BCUT2D eigenvalue weighted by atomic mass is 35.5. The summed E-state index contributed by atoms with van der Waals surface area (Å²) in [6.07, 6.45) is 2.13. The van der Waals surface area contributed by atoms with E-state index in [0.29, 0.717) is 5.02 Å². The quantitative estimate of drug-likeness (QED) is 0.844. The fourth-order valence-corrected chi connectivity index (χ4v) is 2.20. The van der Waals surface area contributed by atoms with Gasteiger partial charge in [0, 0.05) is 5.39 Å². The summed E-state index contributed by atoms with van der Waals surface area (Å²) >= 11 is 6.11. The molecule has 2 nitrogen and oxygen atoms in total. The number of fused-ring (bicyclic) bond motifs is 1. The molecule has 0 saturated carbocycles. The first-order valence-corrected chi connectivity index (χ1v) is 6.55. The minimum Gasteiger partial charge on any atom is -0.458 e. The van der Waals surface area contributed by atoms with E-state index >= 15 is 0 Å². The Morgan fingerprint density at radius 1 is 1.35 bits per heavy atom. The summed E-state index contributed by atoms with van der Waals surface area (Å²) in [4.78, 5) is 0. The predicted molar refractivity (Wildman–Crippen MR) is 72.5 cm³/mol. The second kappa shape index (κ2) is 5.56. The van der Waals surface area contributed by atoms with Crippen molar-refractivity contribution in [1.82, 2.24) is 5.32 Å². The normalized spacial score (nSPS) is 13.1. The molecule has 0 aliphatic carbocycles. The van der Waals surface area contributed by atoms with E-state index in [1.54, 1.807) is 0 Å². The summed E-state index contributed by atoms with van der Waals surface area (Å²) < 4.78 is 5.85. The summed E-state index contributed by atoms with van der Waals surface area (Å²) in [5, 5.41) is 5.23. The molecule has 1 heterocycles. The van der Waals surface area contributed by atoms with Crippen LogP contribution in [0.1, 0.15) is 38.5 Å². The van der Waals surface area contributed by atoms with Gasteiger partial charge in [-0.25, -0.2) is 0 Å². The molecule has 0 amide bonds. The lowest BCUT2D eigenvalue weighted by Gasteiger charge is -2.13. The Bertz CT molecular complexity index is 492. The minimum absolute atomic E-state index is 0.276. The molecule has 0 aliphatic rings. The third-order valence-electron chi connectivity index (χ3n) is 2.91. The summed E-state index contributed by atoms with van der Waals surface area (Å²) in [6, 6.07) is 8.19. The zero-order valence-corrected chi connectivity index (χ0v) is 11.1. The largest absolute Gasteiger partial charge is 0.458 e.